The molecule has 1 aromatic rings. The Bertz CT molecular complexity index is 452. The van der Waals surface area contributed by atoms with E-state index in [1.165, 1.54) is 24.0 Å². The molecule has 2 aliphatic rings. The van der Waals surface area contributed by atoms with E-state index < -0.39 is 0 Å². The molecule has 0 bridgehead atoms. The topological polar surface area (TPSA) is 35.2 Å². The van der Waals surface area contributed by atoms with Crippen molar-refractivity contribution in [2.75, 3.05) is 7.11 Å². The Kier molecular flexibility index (Phi) is 2.27. The Morgan fingerprint density at radius 1 is 1.35 bits per heavy atom. The van der Waals surface area contributed by atoms with Crippen LogP contribution in [0.2, 0.25) is 0 Å². The van der Waals surface area contributed by atoms with E-state index in [2.05, 4.69) is 32.0 Å². The van der Waals surface area contributed by atoms with E-state index in [9.17, 15) is 0 Å². The van der Waals surface area contributed by atoms with Crippen LogP contribution in [0.25, 0.3) is 0 Å². The van der Waals surface area contributed by atoms with Crippen molar-refractivity contribution in [1.29, 1.82) is 0 Å². The minimum absolute atomic E-state index is 0.228. The summed E-state index contributed by atoms with van der Waals surface area (Å²) in [6.07, 6.45) is 2.42. The van der Waals surface area contributed by atoms with Gasteiger partial charge in [0.15, 0.2) is 0 Å². The van der Waals surface area contributed by atoms with Crippen molar-refractivity contribution in [3.05, 3.63) is 29.3 Å². The Hall–Kier alpha value is -1.02. The van der Waals surface area contributed by atoms with Crippen LogP contribution >= 0.6 is 0 Å². The summed E-state index contributed by atoms with van der Waals surface area (Å²) in [5.41, 5.74) is 9.51. The van der Waals surface area contributed by atoms with Gasteiger partial charge >= 0.3 is 0 Å². The maximum absolute atomic E-state index is 6.31. The van der Waals surface area contributed by atoms with Crippen molar-refractivity contribution in [2.24, 2.45) is 17.1 Å². The van der Waals surface area contributed by atoms with Crippen LogP contribution in [0.5, 0.6) is 5.75 Å². The summed E-state index contributed by atoms with van der Waals surface area (Å²) in [4.78, 5) is 0. The predicted molar refractivity (Wildman–Crippen MR) is 69.3 cm³/mol. The van der Waals surface area contributed by atoms with E-state index in [0.717, 1.165) is 5.75 Å². The highest BCUT2D eigenvalue weighted by molar-refractivity contribution is 5.44. The molecule has 0 aromatic heterocycles. The summed E-state index contributed by atoms with van der Waals surface area (Å²) in [5, 5.41) is 0. The fourth-order valence-electron chi connectivity index (χ4n) is 3.92. The smallest absolute Gasteiger partial charge is 0.119 e. The second-order valence-electron chi connectivity index (χ2n) is 6.09. The summed E-state index contributed by atoms with van der Waals surface area (Å²) in [7, 11) is 1.74. The molecule has 3 rings (SSSR count). The summed E-state index contributed by atoms with van der Waals surface area (Å²) in [6.45, 7) is 4.60. The van der Waals surface area contributed by atoms with Crippen molar-refractivity contribution in [1.82, 2.24) is 0 Å². The van der Waals surface area contributed by atoms with Crippen molar-refractivity contribution in [3.8, 4) is 5.75 Å². The van der Waals surface area contributed by atoms with Crippen LogP contribution in [0.3, 0.4) is 0 Å². The third-order valence-corrected chi connectivity index (χ3v) is 4.99. The molecule has 0 radical (unpaired) electrons. The summed E-state index contributed by atoms with van der Waals surface area (Å²) in [5.74, 6) is 2.27. The van der Waals surface area contributed by atoms with Crippen LogP contribution in [-0.2, 0) is 6.42 Å². The third-order valence-electron chi connectivity index (χ3n) is 4.99. The second-order valence-corrected chi connectivity index (χ2v) is 6.09. The molecule has 0 heterocycles. The lowest BCUT2D eigenvalue weighted by molar-refractivity contribution is 0.00128. The number of hydrogen-bond acceptors (Lipinski definition) is 2. The Morgan fingerprint density at radius 3 is 2.82 bits per heavy atom. The van der Waals surface area contributed by atoms with E-state index in [4.69, 9.17) is 10.5 Å². The first-order valence-electron chi connectivity index (χ1n) is 6.48. The average Bonchev–Trinajstić information content (AvgIpc) is 2.35. The Balaban J connectivity index is 2.05. The molecule has 0 aliphatic heterocycles. The van der Waals surface area contributed by atoms with Crippen molar-refractivity contribution >= 4 is 0 Å². The second kappa shape index (κ2) is 3.49. The van der Waals surface area contributed by atoms with E-state index in [1.54, 1.807) is 7.11 Å². The van der Waals surface area contributed by atoms with E-state index in [-0.39, 0.29) is 5.41 Å². The Labute approximate surface area is 103 Å². The maximum Gasteiger partial charge on any atom is 0.119 e. The number of ether oxygens (including phenoxy) is 1. The first kappa shape index (κ1) is 11.1. The molecule has 1 aromatic carbocycles. The van der Waals surface area contributed by atoms with Crippen LogP contribution in [0.15, 0.2) is 18.2 Å². The number of nitrogens with two attached hydrogens (primary N) is 1. The van der Waals surface area contributed by atoms with Gasteiger partial charge < -0.3 is 10.5 Å². The van der Waals surface area contributed by atoms with Gasteiger partial charge in [0.25, 0.3) is 0 Å². The van der Waals surface area contributed by atoms with Gasteiger partial charge in [-0.05, 0) is 53.4 Å². The number of hydrogen-bond donors (Lipinski definition) is 1. The first-order valence-corrected chi connectivity index (χ1v) is 6.48. The molecule has 92 valence electrons. The Morgan fingerprint density at radius 2 is 2.12 bits per heavy atom. The molecular weight excluding hydrogens is 210 g/mol. The monoisotopic (exact) mass is 231 g/mol. The molecule has 1 fully saturated rings. The van der Waals surface area contributed by atoms with Gasteiger partial charge in [0.1, 0.15) is 5.75 Å². The quantitative estimate of drug-likeness (QED) is 0.806. The van der Waals surface area contributed by atoms with Crippen LogP contribution in [0.1, 0.15) is 37.3 Å². The lowest BCUT2D eigenvalue weighted by atomic mass is 9.47. The molecule has 2 heteroatoms. The van der Waals surface area contributed by atoms with Crippen molar-refractivity contribution in [2.45, 2.75) is 38.6 Å². The molecule has 0 saturated heterocycles. The highest BCUT2D eigenvalue weighted by Gasteiger charge is 2.56. The molecule has 3 atom stereocenters. The van der Waals surface area contributed by atoms with Gasteiger partial charge in [0.05, 0.1) is 7.11 Å². The van der Waals surface area contributed by atoms with Gasteiger partial charge in [0, 0.05) is 6.04 Å². The van der Waals surface area contributed by atoms with Gasteiger partial charge in [-0.3, -0.25) is 0 Å². The lowest BCUT2D eigenvalue weighted by Gasteiger charge is -2.60. The van der Waals surface area contributed by atoms with Crippen molar-refractivity contribution < 1.29 is 4.74 Å². The van der Waals surface area contributed by atoms with E-state index in [1.807, 2.05) is 0 Å². The van der Waals surface area contributed by atoms with E-state index in [0.29, 0.717) is 17.9 Å². The summed E-state index contributed by atoms with van der Waals surface area (Å²) >= 11 is 0. The third kappa shape index (κ3) is 1.37. The molecule has 1 saturated carbocycles. The zero-order valence-corrected chi connectivity index (χ0v) is 10.9. The largest absolute Gasteiger partial charge is 0.497 e. The molecule has 0 spiro atoms. The number of rotatable bonds is 1. The van der Waals surface area contributed by atoms with Crippen LogP contribution in [0, 0.1) is 11.3 Å². The van der Waals surface area contributed by atoms with Gasteiger partial charge in [-0.15, -0.1) is 0 Å². The molecular formula is C15H21NO. The highest BCUT2D eigenvalue weighted by atomic mass is 16.5. The van der Waals surface area contributed by atoms with E-state index >= 15 is 0 Å². The minimum Gasteiger partial charge on any atom is -0.497 e. The first-order chi connectivity index (χ1) is 8.05. The highest BCUT2D eigenvalue weighted by Crippen LogP contribution is 2.60. The lowest BCUT2D eigenvalue weighted by Crippen LogP contribution is -2.62. The van der Waals surface area contributed by atoms with Gasteiger partial charge in [-0.2, -0.15) is 0 Å². The van der Waals surface area contributed by atoms with Crippen LogP contribution < -0.4 is 10.5 Å². The predicted octanol–water partition coefficient (Wildman–Crippen LogP) is 2.71. The van der Waals surface area contributed by atoms with Crippen LogP contribution in [-0.4, -0.2) is 13.2 Å². The SMILES string of the molecule is COc1ccc2c(c1)C1C(CC2)C(N)C1(C)C. The number of fused-ring (bicyclic) bond motifs is 3. The maximum atomic E-state index is 6.31. The number of methoxy groups -OCH3 is 1. The summed E-state index contributed by atoms with van der Waals surface area (Å²) in [6, 6.07) is 6.88. The fourth-order valence-corrected chi connectivity index (χ4v) is 3.92. The summed E-state index contributed by atoms with van der Waals surface area (Å²) < 4.78 is 5.35. The van der Waals surface area contributed by atoms with Crippen LogP contribution in [0.4, 0.5) is 0 Å². The normalized spacial score (nSPS) is 33.3. The van der Waals surface area contributed by atoms with Gasteiger partial charge in [-0.1, -0.05) is 19.9 Å². The zero-order chi connectivity index (χ0) is 12.2. The molecule has 2 N–H and O–H groups in total. The molecule has 0 amide bonds. The molecule has 2 nitrogen and oxygen atoms in total. The molecule has 2 aliphatic carbocycles. The minimum atomic E-state index is 0.228. The molecule has 3 unspecified atom stereocenters. The number of benzene rings is 1. The fraction of sp³-hybridized carbons (Fsp3) is 0.600. The van der Waals surface area contributed by atoms with Gasteiger partial charge in [0.2, 0.25) is 0 Å². The average molecular weight is 231 g/mol. The number of aryl methyl sites for hydroxylation is 1. The molecule has 17 heavy (non-hydrogen) atoms. The van der Waals surface area contributed by atoms with Crippen molar-refractivity contribution in [3.63, 3.8) is 0 Å². The zero-order valence-electron chi connectivity index (χ0n) is 10.9. The van der Waals surface area contributed by atoms with Gasteiger partial charge in [-0.25, -0.2) is 0 Å². The standard InChI is InChI=1S/C15H21NO/c1-15(2)13-11(14(15)16)7-5-9-4-6-10(17-3)8-12(9)13/h4,6,8,11,13-14H,5,7,16H2,1-3H3.